The number of hydrogen-bond donors (Lipinski definition) is 0. The molecule has 23 heavy (non-hydrogen) atoms. The van der Waals surface area contributed by atoms with E-state index < -0.39 is 7.12 Å². The molecule has 1 aliphatic heterocycles. The summed E-state index contributed by atoms with van der Waals surface area (Å²) in [5, 5.41) is 4.55. The summed E-state index contributed by atoms with van der Waals surface area (Å²) in [6, 6.07) is 0. The van der Waals surface area contributed by atoms with Crippen LogP contribution in [0, 0.1) is 13.8 Å². The largest absolute Gasteiger partial charge is 0.498 e. The fraction of sp³-hybridized carbons (Fsp3) is 0.562. The number of rotatable bonds is 3. The van der Waals surface area contributed by atoms with Crippen LogP contribution in [0.1, 0.15) is 44.8 Å². The molecule has 1 saturated heterocycles. The zero-order valence-electron chi connectivity index (χ0n) is 14.6. The van der Waals surface area contributed by atoms with Gasteiger partial charge in [0.1, 0.15) is 12.4 Å². The molecule has 3 rings (SSSR count). The van der Waals surface area contributed by atoms with Gasteiger partial charge in [0.25, 0.3) is 0 Å². The Hall–Kier alpha value is -1.73. The van der Waals surface area contributed by atoms with Crippen LogP contribution < -0.4 is 5.46 Å². The van der Waals surface area contributed by atoms with E-state index in [9.17, 15) is 0 Å². The maximum atomic E-state index is 6.10. The maximum absolute atomic E-state index is 6.10. The van der Waals surface area contributed by atoms with Crippen molar-refractivity contribution in [3.63, 3.8) is 0 Å². The number of nitrogens with zero attached hydrogens (tertiary/aromatic N) is 4. The first-order valence-electron chi connectivity index (χ1n) is 7.85. The minimum atomic E-state index is -0.396. The first-order valence-corrected chi connectivity index (χ1v) is 7.85. The Morgan fingerprint density at radius 2 is 1.61 bits per heavy atom. The van der Waals surface area contributed by atoms with Gasteiger partial charge in [0.15, 0.2) is 0 Å². The fourth-order valence-electron chi connectivity index (χ4n) is 2.46. The molecule has 122 valence electrons. The van der Waals surface area contributed by atoms with Gasteiger partial charge in [-0.15, -0.1) is 0 Å². The highest BCUT2D eigenvalue weighted by atomic mass is 16.7. The third-order valence-corrected chi connectivity index (χ3v) is 4.63. The van der Waals surface area contributed by atoms with Crippen LogP contribution in [0.3, 0.4) is 0 Å². The molecule has 3 heterocycles. The highest BCUT2D eigenvalue weighted by Gasteiger charge is 2.52. The predicted molar refractivity (Wildman–Crippen MR) is 88.6 cm³/mol. The van der Waals surface area contributed by atoms with Gasteiger partial charge in [-0.25, -0.2) is 9.97 Å². The summed E-state index contributed by atoms with van der Waals surface area (Å²) in [5.41, 5.74) is 2.19. The zero-order chi connectivity index (χ0) is 16.8. The van der Waals surface area contributed by atoms with Crippen LogP contribution in [0.5, 0.6) is 0 Å². The van der Waals surface area contributed by atoms with Crippen molar-refractivity contribution in [1.29, 1.82) is 0 Å². The fourth-order valence-corrected chi connectivity index (χ4v) is 2.46. The SMILES string of the molecule is Cc1cnc(Cn2cc(B3OC(C)(C)C(C)(C)O3)c(C)n2)nc1. The van der Waals surface area contributed by atoms with E-state index in [4.69, 9.17) is 9.31 Å². The van der Waals surface area contributed by atoms with Crippen molar-refractivity contribution in [2.45, 2.75) is 59.3 Å². The van der Waals surface area contributed by atoms with E-state index in [1.165, 1.54) is 0 Å². The van der Waals surface area contributed by atoms with Crippen molar-refractivity contribution >= 4 is 12.6 Å². The molecule has 0 N–H and O–H groups in total. The third kappa shape index (κ3) is 3.03. The summed E-state index contributed by atoms with van der Waals surface area (Å²) in [4.78, 5) is 8.64. The second-order valence-electron chi connectivity index (χ2n) is 7.13. The van der Waals surface area contributed by atoms with Gasteiger partial charge in [0.2, 0.25) is 0 Å². The molecule has 0 spiro atoms. The van der Waals surface area contributed by atoms with Gasteiger partial charge >= 0.3 is 7.12 Å². The summed E-state index contributed by atoms with van der Waals surface area (Å²) in [6.45, 7) is 12.7. The normalized spacial score (nSPS) is 19.3. The van der Waals surface area contributed by atoms with Gasteiger partial charge in [-0.1, -0.05) is 0 Å². The second-order valence-corrected chi connectivity index (χ2v) is 7.13. The van der Waals surface area contributed by atoms with Crippen LogP contribution in [0.2, 0.25) is 0 Å². The Balaban J connectivity index is 1.81. The smallest absolute Gasteiger partial charge is 0.399 e. The van der Waals surface area contributed by atoms with E-state index in [1.54, 1.807) is 0 Å². The summed E-state index contributed by atoms with van der Waals surface area (Å²) in [6.07, 6.45) is 5.59. The standard InChI is InChI=1S/C16H23BN4O2/c1-11-7-18-14(19-8-11)10-21-9-13(12(2)20-21)17-22-15(3,4)16(5,6)23-17/h7-9H,10H2,1-6H3. The summed E-state index contributed by atoms with van der Waals surface area (Å²) >= 11 is 0. The van der Waals surface area contributed by atoms with Crippen LogP contribution in [-0.2, 0) is 15.9 Å². The molecule has 1 aliphatic rings. The van der Waals surface area contributed by atoms with Gasteiger partial charge < -0.3 is 9.31 Å². The van der Waals surface area contributed by atoms with Gasteiger partial charge in [0.05, 0.1) is 16.9 Å². The van der Waals surface area contributed by atoms with Crippen molar-refractivity contribution in [2.75, 3.05) is 0 Å². The van der Waals surface area contributed by atoms with Crippen LogP contribution in [0.25, 0.3) is 0 Å². The summed E-state index contributed by atoms with van der Waals surface area (Å²) in [5.74, 6) is 0.735. The minimum Gasteiger partial charge on any atom is -0.399 e. The average Bonchev–Trinajstić information content (AvgIpc) is 2.90. The van der Waals surface area contributed by atoms with Gasteiger partial charge in [-0.2, -0.15) is 5.10 Å². The molecule has 0 saturated carbocycles. The van der Waals surface area contributed by atoms with E-state index in [-0.39, 0.29) is 11.2 Å². The molecule has 1 fully saturated rings. The highest BCUT2D eigenvalue weighted by Crippen LogP contribution is 2.36. The van der Waals surface area contributed by atoms with Crippen molar-refractivity contribution in [2.24, 2.45) is 0 Å². The van der Waals surface area contributed by atoms with Gasteiger partial charge in [-0.3, -0.25) is 4.68 Å². The molecule has 6 nitrogen and oxygen atoms in total. The Bertz CT molecular complexity index is 693. The van der Waals surface area contributed by atoms with Crippen LogP contribution in [0.4, 0.5) is 0 Å². The molecule has 0 aromatic carbocycles. The van der Waals surface area contributed by atoms with Crippen molar-refractivity contribution in [3.8, 4) is 0 Å². The lowest BCUT2D eigenvalue weighted by atomic mass is 9.79. The average molecular weight is 314 g/mol. The van der Waals surface area contributed by atoms with E-state index in [2.05, 4.69) is 15.1 Å². The molecule has 0 bridgehead atoms. The Kier molecular flexibility index (Phi) is 3.81. The molecule has 0 aliphatic carbocycles. The lowest BCUT2D eigenvalue weighted by Gasteiger charge is -2.32. The van der Waals surface area contributed by atoms with E-state index >= 15 is 0 Å². The number of hydrogen-bond acceptors (Lipinski definition) is 5. The third-order valence-electron chi connectivity index (χ3n) is 4.63. The molecule has 0 unspecified atom stereocenters. The summed E-state index contributed by atoms with van der Waals surface area (Å²) < 4.78 is 14.0. The first kappa shape index (κ1) is 16.1. The maximum Gasteiger partial charge on any atom is 0.498 e. The first-order chi connectivity index (χ1) is 10.7. The quantitative estimate of drug-likeness (QED) is 0.806. The van der Waals surface area contributed by atoms with Crippen LogP contribution >= 0.6 is 0 Å². The van der Waals surface area contributed by atoms with Crippen LogP contribution in [0.15, 0.2) is 18.6 Å². The predicted octanol–water partition coefficient (Wildman–Crippen LogP) is 1.64. The Morgan fingerprint density at radius 3 is 2.17 bits per heavy atom. The lowest BCUT2D eigenvalue weighted by Crippen LogP contribution is -2.41. The molecule has 2 aromatic heterocycles. The van der Waals surface area contributed by atoms with Gasteiger partial charge in [0, 0.05) is 24.1 Å². The van der Waals surface area contributed by atoms with Gasteiger partial charge in [-0.05, 0) is 47.1 Å². The topological polar surface area (TPSA) is 62.1 Å². The molecular formula is C16H23BN4O2. The number of aryl methyl sites for hydroxylation is 2. The zero-order valence-corrected chi connectivity index (χ0v) is 14.6. The van der Waals surface area contributed by atoms with Crippen molar-refractivity contribution in [3.05, 3.63) is 35.7 Å². The molecule has 0 radical (unpaired) electrons. The molecular weight excluding hydrogens is 291 g/mol. The monoisotopic (exact) mass is 314 g/mol. The van der Waals surface area contributed by atoms with E-state index in [1.807, 2.05) is 64.8 Å². The minimum absolute atomic E-state index is 0.355. The summed E-state index contributed by atoms with van der Waals surface area (Å²) in [7, 11) is -0.396. The number of aromatic nitrogens is 4. The van der Waals surface area contributed by atoms with Crippen molar-refractivity contribution in [1.82, 2.24) is 19.7 Å². The van der Waals surface area contributed by atoms with E-state index in [0.717, 1.165) is 22.5 Å². The second kappa shape index (κ2) is 5.42. The highest BCUT2D eigenvalue weighted by molar-refractivity contribution is 6.62. The van der Waals surface area contributed by atoms with Crippen molar-refractivity contribution < 1.29 is 9.31 Å². The lowest BCUT2D eigenvalue weighted by molar-refractivity contribution is 0.00578. The Labute approximate surface area is 137 Å². The molecule has 2 aromatic rings. The molecule has 0 amide bonds. The molecule has 0 atom stereocenters. The Morgan fingerprint density at radius 1 is 1.04 bits per heavy atom. The molecule has 7 heteroatoms. The van der Waals surface area contributed by atoms with Crippen LogP contribution in [-0.4, -0.2) is 38.1 Å². The van der Waals surface area contributed by atoms with E-state index in [0.29, 0.717) is 6.54 Å².